The highest BCUT2D eigenvalue weighted by molar-refractivity contribution is 5.81. The van der Waals surface area contributed by atoms with Gasteiger partial charge in [0.05, 0.1) is 6.61 Å². The van der Waals surface area contributed by atoms with E-state index in [1.807, 2.05) is 12.1 Å². The van der Waals surface area contributed by atoms with E-state index in [-0.39, 0.29) is 0 Å². The molecular formula is C11H14N2O. The summed E-state index contributed by atoms with van der Waals surface area (Å²) in [6, 6.07) is 10.5. The molecule has 74 valence electrons. The van der Waals surface area contributed by atoms with Crippen molar-refractivity contribution in [2.75, 3.05) is 6.61 Å². The predicted molar refractivity (Wildman–Crippen MR) is 56.8 cm³/mol. The van der Waals surface area contributed by atoms with Crippen LogP contribution < -0.4 is 5.90 Å². The van der Waals surface area contributed by atoms with Crippen molar-refractivity contribution in [3.8, 4) is 0 Å². The van der Waals surface area contributed by atoms with E-state index in [2.05, 4.69) is 34.7 Å². The molecule has 3 nitrogen and oxygen atoms in total. The Morgan fingerprint density at radius 2 is 2.14 bits per heavy atom. The molecule has 0 aliphatic heterocycles. The molecule has 1 aromatic heterocycles. The van der Waals surface area contributed by atoms with E-state index in [0.29, 0.717) is 6.61 Å². The van der Waals surface area contributed by atoms with Gasteiger partial charge in [0, 0.05) is 24.7 Å². The number of nitrogens with zero attached hydrogens (tertiary/aromatic N) is 1. The summed E-state index contributed by atoms with van der Waals surface area (Å²) in [5.74, 6) is 5.01. The van der Waals surface area contributed by atoms with Crippen molar-refractivity contribution < 1.29 is 4.84 Å². The number of nitrogens with two attached hydrogens (primary N) is 1. The Labute approximate surface area is 83.0 Å². The van der Waals surface area contributed by atoms with Gasteiger partial charge in [-0.05, 0) is 17.5 Å². The van der Waals surface area contributed by atoms with E-state index >= 15 is 0 Å². The van der Waals surface area contributed by atoms with Gasteiger partial charge in [-0.25, -0.2) is 5.90 Å². The molecule has 0 unspecified atom stereocenters. The first-order chi connectivity index (χ1) is 6.83. The van der Waals surface area contributed by atoms with Gasteiger partial charge in [0.1, 0.15) is 0 Å². The minimum Gasteiger partial charge on any atom is -0.348 e. The first-order valence-corrected chi connectivity index (χ1v) is 4.68. The Bertz CT molecular complexity index is 434. The van der Waals surface area contributed by atoms with Gasteiger partial charge in [-0.15, -0.1) is 0 Å². The maximum Gasteiger partial charge on any atom is 0.0733 e. The lowest BCUT2D eigenvalue weighted by atomic mass is 10.2. The van der Waals surface area contributed by atoms with Crippen molar-refractivity contribution in [3.63, 3.8) is 0 Å². The van der Waals surface area contributed by atoms with Crippen LogP contribution in [0.1, 0.15) is 5.69 Å². The monoisotopic (exact) mass is 190 g/mol. The number of aromatic nitrogens is 1. The van der Waals surface area contributed by atoms with Gasteiger partial charge >= 0.3 is 0 Å². The second-order valence-corrected chi connectivity index (χ2v) is 3.37. The minimum absolute atomic E-state index is 0.560. The van der Waals surface area contributed by atoms with E-state index in [1.54, 1.807) is 0 Å². The summed E-state index contributed by atoms with van der Waals surface area (Å²) in [5, 5.41) is 1.27. The zero-order valence-corrected chi connectivity index (χ0v) is 8.23. The zero-order valence-electron chi connectivity index (χ0n) is 8.23. The Morgan fingerprint density at radius 3 is 2.86 bits per heavy atom. The summed E-state index contributed by atoms with van der Waals surface area (Å²) in [5.41, 5.74) is 2.50. The number of hydrogen-bond donors (Lipinski definition) is 1. The fourth-order valence-corrected chi connectivity index (χ4v) is 1.75. The zero-order chi connectivity index (χ0) is 9.97. The molecule has 0 bridgehead atoms. The van der Waals surface area contributed by atoms with Crippen LogP contribution in [-0.2, 0) is 18.3 Å². The Hall–Kier alpha value is -1.32. The van der Waals surface area contributed by atoms with Crippen LogP contribution in [0.5, 0.6) is 0 Å². The molecule has 0 radical (unpaired) electrons. The van der Waals surface area contributed by atoms with Gasteiger partial charge in [0.25, 0.3) is 0 Å². The first-order valence-electron chi connectivity index (χ1n) is 4.68. The topological polar surface area (TPSA) is 40.2 Å². The average molecular weight is 190 g/mol. The second kappa shape index (κ2) is 3.82. The van der Waals surface area contributed by atoms with Crippen LogP contribution in [0.4, 0.5) is 0 Å². The normalized spacial score (nSPS) is 11.0. The van der Waals surface area contributed by atoms with Crippen LogP contribution in [0, 0.1) is 0 Å². The van der Waals surface area contributed by atoms with Crippen LogP contribution in [0.2, 0.25) is 0 Å². The van der Waals surface area contributed by atoms with Crippen LogP contribution in [0.25, 0.3) is 10.9 Å². The first kappa shape index (κ1) is 9.24. The quantitative estimate of drug-likeness (QED) is 0.747. The van der Waals surface area contributed by atoms with E-state index in [9.17, 15) is 0 Å². The van der Waals surface area contributed by atoms with E-state index in [0.717, 1.165) is 6.42 Å². The van der Waals surface area contributed by atoms with Crippen molar-refractivity contribution in [3.05, 3.63) is 36.0 Å². The van der Waals surface area contributed by atoms with Crippen molar-refractivity contribution in [1.82, 2.24) is 4.57 Å². The summed E-state index contributed by atoms with van der Waals surface area (Å²) in [6.45, 7) is 0.560. The third kappa shape index (κ3) is 1.52. The fraction of sp³-hybridized carbons (Fsp3) is 0.273. The van der Waals surface area contributed by atoms with E-state index in [4.69, 9.17) is 5.90 Å². The Morgan fingerprint density at radius 1 is 1.36 bits per heavy atom. The van der Waals surface area contributed by atoms with E-state index in [1.165, 1.54) is 16.6 Å². The average Bonchev–Trinajstić information content (AvgIpc) is 2.54. The minimum atomic E-state index is 0.560. The molecule has 2 rings (SSSR count). The lowest BCUT2D eigenvalue weighted by molar-refractivity contribution is 0.140. The summed E-state index contributed by atoms with van der Waals surface area (Å²) in [7, 11) is 2.06. The summed E-state index contributed by atoms with van der Waals surface area (Å²) >= 11 is 0. The lowest BCUT2D eigenvalue weighted by Gasteiger charge is -2.02. The van der Waals surface area contributed by atoms with Crippen LogP contribution >= 0.6 is 0 Å². The molecule has 0 aliphatic carbocycles. The van der Waals surface area contributed by atoms with Crippen molar-refractivity contribution in [1.29, 1.82) is 0 Å². The van der Waals surface area contributed by atoms with Crippen molar-refractivity contribution >= 4 is 10.9 Å². The molecule has 0 fully saturated rings. The maximum absolute atomic E-state index is 5.01. The molecule has 0 amide bonds. The number of benzene rings is 1. The smallest absolute Gasteiger partial charge is 0.0733 e. The highest BCUT2D eigenvalue weighted by Crippen LogP contribution is 2.18. The Balaban J connectivity index is 2.41. The molecule has 1 heterocycles. The molecule has 0 spiro atoms. The molecular weight excluding hydrogens is 176 g/mol. The lowest BCUT2D eigenvalue weighted by Crippen LogP contribution is -2.06. The number of fused-ring (bicyclic) bond motifs is 1. The SMILES string of the molecule is Cn1c(CCON)cc2ccccc21. The fourth-order valence-electron chi connectivity index (χ4n) is 1.75. The summed E-state index contributed by atoms with van der Waals surface area (Å²) < 4.78 is 2.17. The number of para-hydroxylation sites is 1. The number of aryl methyl sites for hydroxylation is 1. The van der Waals surface area contributed by atoms with Gasteiger partial charge in [0.15, 0.2) is 0 Å². The maximum atomic E-state index is 5.01. The third-order valence-electron chi connectivity index (χ3n) is 2.53. The molecule has 0 saturated heterocycles. The predicted octanol–water partition coefficient (Wildman–Crippen LogP) is 1.61. The third-order valence-corrected chi connectivity index (χ3v) is 2.53. The number of rotatable bonds is 3. The largest absolute Gasteiger partial charge is 0.348 e. The van der Waals surface area contributed by atoms with Gasteiger partial charge < -0.3 is 9.40 Å². The van der Waals surface area contributed by atoms with Crippen LogP contribution in [0.3, 0.4) is 0 Å². The molecule has 2 aromatic rings. The molecule has 0 saturated carbocycles. The Kier molecular flexibility index (Phi) is 2.52. The highest BCUT2D eigenvalue weighted by atomic mass is 16.6. The van der Waals surface area contributed by atoms with Gasteiger partial charge in [-0.3, -0.25) is 0 Å². The van der Waals surface area contributed by atoms with Gasteiger partial charge in [0.2, 0.25) is 0 Å². The molecule has 14 heavy (non-hydrogen) atoms. The molecule has 3 heteroatoms. The molecule has 2 N–H and O–H groups in total. The highest BCUT2D eigenvalue weighted by Gasteiger charge is 2.03. The van der Waals surface area contributed by atoms with Crippen molar-refractivity contribution in [2.24, 2.45) is 12.9 Å². The molecule has 1 aromatic carbocycles. The summed E-state index contributed by atoms with van der Waals surface area (Å²) in [4.78, 5) is 4.58. The van der Waals surface area contributed by atoms with Gasteiger partial charge in [-0.2, -0.15) is 0 Å². The molecule has 0 atom stereocenters. The van der Waals surface area contributed by atoms with Crippen LogP contribution in [0.15, 0.2) is 30.3 Å². The van der Waals surface area contributed by atoms with Crippen molar-refractivity contribution in [2.45, 2.75) is 6.42 Å². The second-order valence-electron chi connectivity index (χ2n) is 3.37. The van der Waals surface area contributed by atoms with Gasteiger partial charge in [-0.1, -0.05) is 18.2 Å². The summed E-state index contributed by atoms with van der Waals surface area (Å²) in [6.07, 6.45) is 0.849. The standard InChI is InChI=1S/C11H14N2O/c1-13-10(6-7-14-12)8-9-4-2-3-5-11(9)13/h2-5,8H,6-7,12H2,1H3. The van der Waals surface area contributed by atoms with E-state index < -0.39 is 0 Å². The molecule has 0 aliphatic rings. The number of hydrogen-bond acceptors (Lipinski definition) is 2. The van der Waals surface area contributed by atoms with Crippen LogP contribution in [-0.4, -0.2) is 11.2 Å².